The van der Waals surface area contributed by atoms with Crippen LogP contribution >= 0.6 is 0 Å². The van der Waals surface area contributed by atoms with Crippen molar-refractivity contribution < 1.29 is 14.2 Å². The van der Waals surface area contributed by atoms with Crippen LogP contribution in [-0.2, 0) is 20.6 Å². The zero-order chi connectivity index (χ0) is 12.1. The fourth-order valence-corrected chi connectivity index (χ4v) is 2.14. The van der Waals surface area contributed by atoms with Crippen LogP contribution in [0.15, 0.2) is 30.3 Å². The summed E-state index contributed by atoms with van der Waals surface area (Å²) in [5, 5.41) is 0. The van der Waals surface area contributed by atoms with Gasteiger partial charge in [-0.1, -0.05) is 37.3 Å². The van der Waals surface area contributed by atoms with Crippen LogP contribution in [0.4, 0.5) is 0 Å². The van der Waals surface area contributed by atoms with Gasteiger partial charge in [-0.3, -0.25) is 0 Å². The molecular formula is C14H20O3. The van der Waals surface area contributed by atoms with E-state index >= 15 is 0 Å². The van der Waals surface area contributed by atoms with Gasteiger partial charge in [0.1, 0.15) is 12.4 Å². The molecule has 0 bridgehead atoms. The summed E-state index contributed by atoms with van der Waals surface area (Å²) >= 11 is 0. The van der Waals surface area contributed by atoms with Gasteiger partial charge in [0.15, 0.2) is 0 Å². The maximum absolute atomic E-state index is 5.82. The Kier molecular flexibility index (Phi) is 4.15. The van der Waals surface area contributed by atoms with E-state index in [9.17, 15) is 0 Å². The summed E-state index contributed by atoms with van der Waals surface area (Å²) in [5.41, 5.74) is 1.23. The van der Waals surface area contributed by atoms with E-state index in [4.69, 9.17) is 14.2 Å². The van der Waals surface area contributed by atoms with Crippen molar-refractivity contribution in [2.45, 2.75) is 31.5 Å². The Balaban J connectivity index is 1.84. The monoisotopic (exact) mass is 236 g/mol. The predicted octanol–water partition coefficient (Wildman–Crippen LogP) is 2.40. The number of epoxide rings is 1. The first-order valence-corrected chi connectivity index (χ1v) is 6.09. The van der Waals surface area contributed by atoms with Gasteiger partial charge < -0.3 is 14.2 Å². The highest BCUT2D eigenvalue weighted by atomic mass is 16.7. The number of rotatable bonds is 7. The van der Waals surface area contributed by atoms with Crippen molar-refractivity contribution in [3.8, 4) is 0 Å². The molecule has 0 N–H and O–H groups in total. The maximum Gasteiger partial charge on any atom is 0.146 e. The number of methoxy groups -OCH3 is 1. The Morgan fingerprint density at radius 3 is 2.71 bits per heavy atom. The molecule has 0 saturated carbocycles. The molecule has 1 aromatic carbocycles. The van der Waals surface area contributed by atoms with E-state index in [0.717, 1.165) is 12.8 Å². The number of ether oxygens (including phenoxy) is 3. The van der Waals surface area contributed by atoms with Crippen molar-refractivity contribution in [2.24, 2.45) is 0 Å². The second-order valence-electron chi connectivity index (χ2n) is 4.47. The number of hydrogen-bond acceptors (Lipinski definition) is 3. The summed E-state index contributed by atoms with van der Waals surface area (Å²) < 4.78 is 16.1. The van der Waals surface area contributed by atoms with E-state index in [1.165, 1.54) is 5.56 Å². The Bertz CT molecular complexity index is 339. The SMILES string of the molecule is CC[C@@]1(COCOC)O[C@@H]1Cc1ccccc1. The molecule has 17 heavy (non-hydrogen) atoms. The molecule has 0 aromatic heterocycles. The number of hydrogen-bond donors (Lipinski definition) is 0. The minimum atomic E-state index is -0.0889. The smallest absolute Gasteiger partial charge is 0.146 e. The lowest BCUT2D eigenvalue weighted by Crippen LogP contribution is -2.23. The van der Waals surface area contributed by atoms with Gasteiger partial charge >= 0.3 is 0 Å². The molecule has 0 radical (unpaired) electrons. The molecule has 2 rings (SSSR count). The van der Waals surface area contributed by atoms with Crippen LogP contribution in [-0.4, -0.2) is 32.2 Å². The van der Waals surface area contributed by atoms with Crippen LogP contribution in [0.25, 0.3) is 0 Å². The van der Waals surface area contributed by atoms with Gasteiger partial charge in [0.25, 0.3) is 0 Å². The normalized spacial score (nSPS) is 27.1. The Morgan fingerprint density at radius 2 is 2.06 bits per heavy atom. The van der Waals surface area contributed by atoms with E-state index < -0.39 is 0 Å². The maximum atomic E-state index is 5.82. The average molecular weight is 236 g/mol. The van der Waals surface area contributed by atoms with Gasteiger partial charge in [0.2, 0.25) is 0 Å². The van der Waals surface area contributed by atoms with E-state index in [0.29, 0.717) is 13.4 Å². The van der Waals surface area contributed by atoms with Crippen molar-refractivity contribution >= 4 is 0 Å². The van der Waals surface area contributed by atoms with Crippen LogP contribution in [0.5, 0.6) is 0 Å². The predicted molar refractivity (Wildman–Crippen MR) is 65.9 cm³/mol. The van der Waals surface area contributed by atoms with Crippen LogP contribution in [0.3, 0.4) is 0 Å². The molecule has 0 spiro atoms. The highest BCUT2D eigenvalue weighted by Gasteiger charge is 2.54. The first-order chi connectivity index (χ1) is 8.30. The summed E-state index contributed by atoms with van der Waals surface area (Å²) in [6.07, 6.45) is 2.23. The third-order valence-electron chi connectivity index (χ3n) is 3.32. The van der Waals surface area contributed by atoms with Crippen molar-refractivity contribution in [3.63, 3.8) is 0 Å². The zero-order valence-corrected chi connectivity index (χ0v) is 10.5. The molecule has 1 heterocycles. The fourth-order valence-electron chi connectivity index (χ4n) is 2.14. The first kappa shape index (κ1) is 12.6. The zero-order valence-electron chi connectivity index (χ0n) is 10.5. The lowest BCUT2D eigenvalue weighted by molar-refractivity contribution is -0.0490. The average Bonchev–Trinajstić information content (AvgIpc) is 3.05. The number of benzene rings is 1. The Morgan fingerprint density at radius 1 is 1.29 bits per heavy atom. The summed E-state index contributed by atoms with van der Waals surface area (Å²) in [7, 11) is 1.63. The molecule has 0 aliphatic carbocycles. The Hall–Kier alpha value is -0.900. The summed E-state index contributed by atoms with van der Waals surface area (Å²) in [4.78, 5) is 0. The van der Waals surface area contributed by atoms with Crippen LogP contribution in [0.1, 0.15) is 18.9 Å². The minimum Gasteiger partial charge on any atom is -0.363 e. The molecule has 1 aromatic rings. The highest BCUT2D eigenvalue weighted by molar-refractivity contribution is 5.19. The van der Waals surface area contributed by atoms with Crippen molar-refractivity contribution in [1.82, 2.24) is 0 Å². The van der Waals surface area contributed by atoms with Crippen LogP contribution in [0.2, 0.25) is 0 Å². The molecule has 1 aliphatic rings. The lowest BCUT2D eigenvalue weighted by atomic mass is 9.98. The van der Waals surface area contributed by atoms with Gasteiger partial charge in [-0.05, 0) is 12.0 Å². The van der Waals surface area contributed by atoms with Crippen LogP contribution in [0, 0.1) is 0 Å². The van der Waals surface area contributed by atoms with E-state index in [1.807, 2.05) is 6.07 Å². The third-order valence-corrected chi connectivity index (χ3v) is 3.32. The summed E-state index contributed by atoms with van der Waals surface area (Å²) in [6.45, 7) is 3.10. The molecule has 0 amide bonds. The summed E-state index contributed by atoms with van der Waals surface area (Å²) in [5.74, 6) is 0. The highest BCUT2D eigenvalue weighted by Crippen LogP contribution is 2.41. The molecule has 1 fully saturated rings. The van der Waals surface area contributed by atoms with Crippen molar-refractivity contribution in [1.29, 1.82) is 0 Å². The molecule has 3 nitrogen and oxygen atoms in total. The van der Waals surface area contributed by atoms with Gasteiger partial charge in [-0.2, -0.15) is 0 Å². The molecule has 1 aliphatic heterocycles. The molecule has 2 atom stereocenters. The molecule has 94 valence electrons. The second kappa shape index (κ2) is 5.63. The summed E-state index contributed by atoms with van der Waals surface area (Å²) in [6, 6.07) is 10.4. The largest absolute Gasteiger partial charge is 0.363 e. The van der Waals surface area contributed by atoms with Crippen molar-refractivity contribution in [2.75, 3.05) is 20.5 Å². The molecule has 1 saturated heterocycles. The Labute approximate surface area is 103 Å². The second-order valence-corrected chi connectivity index (χ2v) is 4.47. The quantitative estimate of drug-likeness (QED) is 0.414. The van der Waals surface area contributed by atoms with Gasteiger partial charge in [-0.15, -0.1) is 0 Å². The first-order valence-electron chi connectivity index (χ1n) is 6.09. The van der Waals surface area contributed by atoms with E-state index in [2.05, 4.69) is 31.2 Å². The third kappa shape index (κ3) is 3.06. The van der Waals surface area contributed by atoms with E-state index in [1.54, 1.807) is 7.11 Å². The van der Waals surface area contributed by atoms with Gasteiger partial charge in [-0.25, -0.2) is 0 Å². The van der Waals surface area contributed by atoms with E-state index in [-0.39, 0.29) is 11.7 Å². The minimum absolute atomic E-state index is 0.0889. The molecule has 0 unspecified atom stereocenters. The van der Waals surface area contributed by atoms with Crippen LogP contribution < -0.4 is 0 Å². The van der Waals surface area contributed by atoms with Gasteiger partial charge in [0, 0.05) is 13.5 Å². The van der Waals surface area contributed by atoms with Crippen molar-refractivity contribution in [3.05, 3.63) is 35.9 Å². The fraction of sp³-hybridized carbons (Fsp3) is 0.571. The topological polar surface area (TPSA) is 31.0 Å². The standard InChI is InChI=1S/C14H20O3/c1-3-14(10-16-11-15-2)13(17-14)9-12-7-5-4-6-8-12/h4-8,13H,3,9-11H2,1-2H3/t13-,14+/m1/s1. The lowest BCUT2D eigenvalue weighted by Gasteiger charge is -2.10. The molecular weight excluding hydrogens is 216 g/mol. The molecule has 3 heteroatoms. The van der Waals surface area contributed by atoms with Gasteiger partial charge in [0.05, 0.1) is 12.7 Å².